The topological polar surface area (TPSA) is 78.9 Å². The summed E-state index contributed by atoms with van der Waals surface area (Å²) in [4.78, 5) is 11.4. The summed E-state index contributed by atoms with van der Waals surface area (Å²) < 4.78 is 0. The second-order valence-corrected chi connectivity index (χ2v) is 3.98. The fraction of sp³-hybridized carbons (Fsp3) is 0.545. The molecule has 0 saturated carbocycles. The third kappa shape index (κ3) is 5.14. The first-order chi connectivity index (χ1) is 8.11. The fourth-order valence-electron chi connectivity index (χ4n) is 1.16. The molecule has 17 heavy (non-hydrogen) atoms. The van der Waals surface area contributed by atoms with Crippen LogP contribution in [0.15, 0.2) is 12.1 Å². The molecule has 0 radical (unpaired) electrons. The zero-order valence-electron chi connectivity index (χ0n) is 10.4. The molecular weight excluding hydrogens is 218 g/mol. The van der Waals surface area contributed by atoms with Crippen LogP contribution in [0.25, 0.3) is 0 Å². The van der Waals surface area contributed by atoms with Crippen LogP contribution < -0.4 is 16.0 Å². The standard InChI is InChI=1S/C11H19N5O/c1-4-7-12-9-5-6-10(16-15-9)14-11(17)13-8(2)3/h5-6,8H,4,7H2,1-3H3,(H,12,15)(H2,13,14,16,17). The second kappa shape index (κ2) is 6.67. The Labute approximate surface area is 101 Å². The number of anilines is 2. The number of amides is 2. The van der Waals surface area contributed by atoms with Crippen LogP contribution in [-0.4, -0.2) is 28.8 Å². The van der Waals surface area contributed by atoms with Crippen molar-refractivity contribution in [3.63, 3.8) is 0 Å². The molecule has 0 aliphatic heterocycles. The highest BCUT2D eigenvalue weighted by Gasteiger charge is 2.04. The van der Waals surface area contributed by atoms with Crippen molar-refractivity contribution in [3.8, 4) is 0 Å². The van der Waals surface area contributed by atoms with Crippen LogP contribution in [0.1, 0.15) is 27.2 Å². The molecule has 0 aliphatic carbocycles. The van der Waals surface area contributed by atoms with Crippen LogP contribution in [0.2, 0.25) is 0 Å². The number of carbonyl (C=O) groups excluding carboxylic acids is 1. The monoisotopic (exact) mass is 237 g/mol. The number of nitrogens with one attached hydrogen (secondary N) is 3. The summed E-state index contributed by atoms with van der Waals surface area (Å²) in [5.74, 6) is 1.15. The SMILES string of the molecule is CCCNc1ccc(NC(=O)NC(C)C)nn1. The molecule has 1 heterocycles. The highest BCUT2D eigenvalue weighted by atomic mass is 16.2. The summed E-state index contributed by atoms with van der Waals surface area (Å²) >= 11 is 0. The van der Waals surface area contributed by atoms with Crippen molar-refractivity contribution in [3.05, 3.63) is 12.1 Å². The minimum atomic E-state index is -0.274. The first-order valence-electron chi connectivity index (χ1n) is 5.77. The first kappa shape index (κ1) is 13.2. The smallest absolute Gasteiger partial charge is 0.320 e. The number of hydrogen-bond donors (Lipinski definition) is 3. The van der Waals surface area contributed by atoms with Crippen LogP contribution >= 0.6 is 0 Å². The first-order valence-corrected chi connectivity index (χ1v) is 5.77. The third-order valence-corrected chi connectivity index (χ3v) is 1.88. The third-order valence-electron chi connectivity index (χ3n) is 1.88. The van der Waals surface area contributed by atoms with Crippen LogP contribution in [0.4, 0.5) is 16.4 Å². The second-order valence-electron chi connectivity index (χ2n) is 3.98. The van der Waals surface area contributed by atoms with E-state index in [0.29, 0.717) is 11.6 Å². The lowest BCUT2D eigenvalue weighted by atomic mass is 10.4. The van der Waals surface area contributed by atoms with Crippen LogP contribution in [0.3, 0.4) is 0 Å². The normalized spacial score (nSPS) is 10.1. The largest absolute Gasteiger partial charge is 0.369 e. The van der Waals surface area contributed by atoms with E-state index in [-0.39, 0.29) is 12.1 Å². The molecule has 0 saturated heterocycles. The zero-order chi connectivity index (χ0) is 12.7. The minimum absolute atomic E-state index is 0.0912. The molecule has 0 fully saturated rings. The van der Waals surface area contributed by atoms with Gasteiger partial charge in [0.2, 0.25) is 0 Å². The molecule has 0 spiro atoms. The van der Waals surface area contributed by atoms with Crippen molar-refractivity contribution in [2.24, 2.45) is 0 Å². The lowest BCUT2D eigenvalue weighted by Crippen LogP contribution is -2.34. The number of rotatable bonds is 5. The van der Waals surface area contributed by atoms with Crippen molar-refractivity contribution >= 4 is 17.7 Å². The Kier molecular flexibility index (Phi) is 5.19. The number of carbonyl (C=O) groups is 1. The molecule has 2 amide bonds. The van der Waals surface area contributed by atoms with E-state index in [4.69, 9.17) is 0 Å². The molecule has 1 aromatic heterocycles. The Morgan fingerprint density at radius 3 is 2.47 bits per heavy atom. The van der Waals surface area contributed by atoms with Gasteiger partial charge in [-0.15, -0.1) is 10.2 Å². The van der Waals surface area contributed by atoms with Gasteiger partial charge in [0, 0.05) is 12.6 Å². The average Bonchev–Trinajstić information content (AvgIpc) is 2.27. The van der Waals surface area contributed by atoms with Crippen molar-refractivity contribution in [2.75, 3.05) is 17.2 Å². The lowest BCUT2D eigenvalue weighted by molar-refractivity contribution is 0.250. The Bertz CT molecular complexity index is 349. The number of aromatic nitrogens is 2. The van der Waals surface area contributed by atoms with E-state index in [1.807, 2.05) is 13.8 Å². The van der Waals surface area contributed by atoms with Crippen molar-refractivity contribution in [1.82, 2.24) is 15.5 Å². The van der Waals surface area contributed by atoms with E-state index in [0.717, 1.165) is 13.0 Å². The molecule has 0 aliphatic rings. The van der Waals surface area contributed by atoms with E-state index < -0.39 is 0 Å². The van der Waals surface area contributed by atoms with E-state index in [9.17, 15) is 4.79 Å². The predicted molar refractivity (Wildman–Crippen MR) is 68.1 cm³/mol. The van der Waals surface area contributed by atoms with Gasteiger partial charge < -0.3 is 10.6 Å². The van der Waals surface area contributed by atoms with Crippen LogP contribution in [-0.2, 0) is 0 Å². The van der Waals surface area contributed by atoms with Gasteiger partial charge in [0.05, 0.1) is 0 Å². The van der Waals surface area contributed by atoms with Gasteiger partial charge >= 0.3 is 6.03 Å². The molecule has 6 nitrogen and oxygen atoms in total. The van der Waals surface area contributed by atoms with Gasteiger partial charge in [-0.2, -0.15) is 0 Å². The minimum Gasteiger partial charge on any atom is -0.369 e. The molecule has 1 aromatic rings. The Morgan fingerprint density at radius 2 is 1.94 bits per heavy atom. The van der Waals surface area contributed by atoms with Crippen LogP contribution in [0, 0.1) is 0 Å². The molecule has 6 heteroatoms. The number of hydrogen-bond acceptors (Lipinski definition) is 4. The van der Waals surface area contributed by atoms with Crippen molar-refractivity contribution < 1.29 is 4.79 Å². The van der Waals surface area contributed by atoms with E-state index >= 15 is 0 Å². The summed E-state index contributed by atoms with van der Waals surface area (Å²) in [6.07, 6.45) is 1.03. The highest BCUT2D eigenvalue weighted by Crippen LogP contribution is 2.05. The summed E-state index contributed by atoms with van der Waals surface area (Å²) in [6, 6.07) is 3.32. The lowest BCUT2D eigenvalue weighted by Gasteiger charge is -2.09. The predicted octanol–water partition coefficient (Wildman–Crippen LogP) is 1.83. The van der Waals surface area contributed by atoms with E-state index in [1.165, 1.54) is 0 Å². The molecule has 1 rings (SSSR count). The van der Waals surface area contributed by atoms with Gasteiger partial charge in [-0.05, 0) is 32.4 Å². The van der Waals surface area contributed by atoms with E-state index in [2.05, 4.69) is 33.1 Å². The molecule has 3 N–H and O–H groups in total. The molecule has 0 aromatic carbocycles. The molecule has 0 atom stereocenters. The summed E-state index contributed by atoms with van der Waals surface area (Å²) in [5.41, 5.74) is 0. The fourth-order valence-corrected chi connectivity index (χ4v) is 1.16. The Hall–Kier alpha value is -1.85. The van der Waals surface area contributed by atoms with Crippen molar-refractivity contribution in [2.45, 2.75) is 33.2 Å². The highest BCUT2D eigenvalue weighted by molar-refractivity contribution is 5.88. The quantitative estimate of drug-likeness (QED) is 0.730. The molecular formula is C11H19N5O. The maximum absolute atomic E-state index is 11.4. The number of nitrogens with zero attached hydrogens (tertiary/aromatic N) is 2. The number of urea groups is 1. The van der Waals surface area contributed by atoms with Gasteiger partial charge in [-0.25, -0.2) is 4.79 Å². The van der Waals surface area contributed by atoms with Gasteiger partial charge in [0.15, 0.2) is 5.82 Å². The van der Waals surface area contributed by atoms with Gasteiger partial charge in [0.1, 0.15) is 5.82 Å². The summed E-state index contributed by atoms with van der Waals surface area (Å²) in [7, 11) is 0. The Balaban J connectivity index is 2.47. The van der Waals surface area contributed by atoms with Gasteiger partial charge in [0.25, 0.3) is 0 Å². The van der Waals surface area contributed by atoms with Crippen LogP contribution in [0.5, 0.6) is 0 Å². The average molecular weight is 237 g/mol. The molecule has 0 bridgehead atoms. The Morgan fingerprint density at radius 1 is 1.29 bits per heavy atom. The maximum atomic E-state index is 11.4. The molecule has 94 valence electrons. The van der Waals surface area contributed by atoms with E-state index in [1.54, 1.807) is 12.1 Å². The summed E-state index contributed by atoms with van der Waals surface area (Å²) in [5, 5.41) is 16.3. The van der Waals surface area contributed by atoms with Gasteiger partial charge in [-0.1, -0.05) is 6.92 Å². The van der Waals surface area contributed by atoms with Crippen molar-refractivity contribution in [1.29, 1.82) is 0 Å². The molecule has 0 unspecified atom stereocenters. The maximum Gasteiger partial charge on any atom is 0.320 e. The van der Waals surface area contributed by atoms with Gasteiger partial charge in [-0.3, -0.25) is 5.32 Å². The zero-order valence-corrected chi connectivity index (χ0v) is 10.4. The summed E-state index contributed by atoms with van der Waals surface area (Å²) in [6.45, 7) is 6.72.